The van der Waals surface area contributed by atoms with E-state index < -0.39 is 0 Å². The third kappa shape index (κ3) is 6.19. The summed E-state index contributed by atoms with van der Waals surface area (Å²) in [6, 6.07) is 17.6. The fraction of sp³-hybridized carbons (Fsp3) is 0.409. The number of hydrogen-bond acceptors (Lipinski definition) is 2. The van der Waals surface area contributed by atoms with Gasteiger partial charge >= 0.3 is 0 Å². The molecule has 0 fully saturated rings. The molecule has 24 heavy (non-hydrogen) atoms. The largest absolute Gasteiger partial charge is 0.488 e. The molecule has 0 aliphatic carbocycles. The molecule has 2 heteroatoms. The van der Waals surface area contributed by atoms with Gasteiger partial charge in [-0.2, -0.15) is 0 Å². The van der Waals surface area contributed by atoms with Crippen LogP contribution in [0.25, 0.3) is 0 Å². The zero-order valence-electron chi connectivity index (χ0n) is 14.7. The molecule has 0 N–H and O–H groups in total. The zero-order valence-corrected chi connectivity index (χ0v) is 14.7. The number of rotatable bonds is 11. The predicted molar refractivity (Wildman–Crippen MR) is 99.5 cm³/mol. The third-order valence-electron chi connectivity index (χ3n) is 4.18. The summed E-state index contributed by atoms with van der Waals surface area (Å²) in [5, 5.41) is 0. The van der Waals surface area contributed by atoms with E-state index in [9.17, 15) is 4.79 Å². The van der Waals surface area contributed by atoms with Crippen molar-refractivity contribution in [3.8, 4) is 5.75 Å². The molecule has 0 bridgehead atoms. The molecular weight excluding hydrogens is 296 g/mol. The van der Waals surface area contributed by atoms with Gasteiger partial charge in [-0.15, -0.1) is 0 Å². The molecule has 0 amide bonds. The van der Waals surface area contributed by atoms with Crippen LogP contribution in [0.1, 0.15) is 67.8 Å². The standard InChI is InChI=1S/C22H28O2/c1-2-3-4-5-6-10-16-21(23)20-15-11-12-17-22(20)24-18-19-13-8-7-9-14-19/h7-9,11-15,17H,2-6,10,16,18H2,1H3. The smallest absolute Gasteiger partial charge is 0.166 e. The Hall–Kier alpha value is -2.09. The predicted octanol–water partition coefficient (Wildman–Crippen LogP) is 6.20. The molecule has 2 nitrogen and oxygen atoms in total. The summed E-state index contributed by atoms with van der Waals surface area (Å²) in [5.41, 5.74) is 1.82. The maximum Gasteiger partial charge on any atom is 0.166 e. The van der Waals surface area contributed by atoms with Gasteiger partial charge in [0, 0.05) is 6.42 Å². The monoisotopic (exact) mass is 324 g/mol. The van der Waals surface area contributed by atoms with Crippen LogP contribution in [0, 0.1) is 0 Å². The van der Waals surface area contributed by atoms with Crippen molar-refractivity contribution >= 4 is 5.78 Å². The van der Waals surface area contributed by atoms with Crippen molar-refractivity contribution in [2.45, 2.75) is 58.5 Å². The minimum atomic E-state index is 0.189. The van der Waals surface area contributed by atoms with E-state index >= 15 is 0 Å². The molecule has 0 unspecified atom stereocenters. The molecule has 128 valence electrons. The minimum absolute atomic E-state index is 0.189. The van der Waals surface area contributed by atoms with Crippen molar-refractivity contribution < 1.29 is 9.53 Å². The van der Waals surface area contributed by atoms with Gasteiger partial charge in [-0.25, -0.2) is 0 Å². The first-order valence-electron chi connectivity index (χ1n) is 9.10. The Balaban J connectivity index is 1.84. The van der Waals surface area contributed by atoms with E-state index in [4.69, 9.17) is 4.74 Å². The molecule has 2 aromatic carbocycles. The van der Waals surface area contributed by atoms with Crippen molar-refractivity contribution in [2.75, 3.05) is 0 Å². The summed E-state index contributed by atoms with van der Waals surface area (Å²) in [6.45, 7) is 2.71. The number of para-hydroxylation sites is 1. The summed E-state index contributed by atoms with van der Waals surface area (Å²) < 4.78 is 5.88. The van der Waals surface area contributed by atoms with Gasteiger partial charge in [-0.1, -0.05) is 81.5 Å². The van der Waals surface area contributed by atoms with Gasteiger partial charge in [0.25, 0.3) is 0 Å². The Morgan fingerprint density at radius 3 is 2.29 bits per heavy atom. The molecule has 2 aromatic rings. The number of ketones is 1. The average molecular weight is 324 g/mol. The highest BCUT2D eigenvalue weighted by Gasteiger charge is 2.11. The van der Waals surface area contributed by atoms with Crippen LogP contribution >= 0.6 is 0 Å². The second kappa shape index (κ2) is 10.6. The lowest BCUT2D eigenvalue weighted by Crippen LogP contribution is -2.04. The first-order valence-corrected chi connectivity index (χ1v) is 9.10. The fourth-order valence-corrected chi connectivity index (χ4v) is 2.76. The van der Waals surface area contributed by atoms with Crippen LogP contribution in [0.4, 0.5) is 0 Å². The molecule has 0 aliphatic heterocycles. The summed E-state index contributed by atoms with van der Waals surface area (Å²) in [7, 11) is 0. The number of carbonyl (C=O) groups is 1. The van der Waals surface area contributed by atoms with Gasteiger partial charge in [0.05, 0.1) is 5.56 Å². The maximum atomic E-state index is 12.5. The first-order chi connectivity index (χ1) is 11.8. The van der Waals surface area contributed by atoms with Crippen LogP contribution in [0.3, 0.4) is 0 Å². The second-order valence-electron chi connectivity index (χ2n) is 6.21. The lowest BCUT2D eigenvalue weighted by Gasteiger charge is -2.11. The minimum Gasteiger partial charge on any atom is -0.488 e. The van der Waals surface area contributed by atoms with Crippen molar-refractivity contribution in [1.82, 2.24) is 0 Å². The Morgan fingerprint density at radius 2 is 1.50 bits per heavy atom. The molecule has 0 aliphatic rings. The molecule has 0 saturated heterocycles. The number of Topliss-reactive ketones (excluding diaryl/α,β-unsaturated/α-hetero) is 1. The van der Waals surface area contributed by atoms with Gasteiger partial charge in [-0.3, -0.25) is 4.79 Å². The van der Waals surface area contributed by atoms with Gasteiger partial charge in [0.1, 0.15) is 12.4 Å². The molecule has 0 spiro atoms. The van der Waals surface area contributed by atoms with E-state index in [1.807, 2.05) is 54.6 Å². The van der Waals surface area contributed by atoms with E-state index in [2.05, 4.69) is 6.92 Å². The second-order valence-corrected chi connectivity index (χ2v) is 6.21. The number of hydrogen-bond donors (Lipinski definition) is 0. The van der Waals surface area contributed by atoms with Crippen molar-refractivity contribution in [1.29, 1.82) is 0 Å². The van der Waals surface area contributed by atoms with Crippen LogP contribution in [0.2, 0.25) is 0 Å². The summed E-state index contributed by atoms with van der Waals surface area (Å²) in [4.78, 5) is 12.5. The van der Waals surface area contributed by atoms with Gasteiger partial charge in [0.15, 0.2) is 5.78 Å². The topological polar surface area (TPSA) is 26.3 Å². The normalized spacial score (nSPS) is 10.5. The van der Waals surface area contributed by atoms with E-state index in [1.165, 1.54) is 25.7 Å². The molecule has 2 rings (SSSR count). The number of carbonyl (C=O) groups excluding carboxylic acids is 1. The maximum absolute atomic E-state index is 12.5. The van der Waals surface area contributed by atoms with Crippen molar-refractivity contribution in [3.63, 3.8) is 0 Å². The summed E-state index contributed by atoms with van der Waals surface area (Å²) >= 11 is 0. The van der Waals surface area contributed by atoms with E-state index in [0.717, 1.165) is 18.4 Å². The van der Waals surface area contributed by atoms with Gasteiger partial charge < -0.3 is 4.74 Å². The number of unbranched alkanes of at least 4 members (excludes halogenated alkanes) is 5. The highest BCUT2D eigenvalue weighted by molar-refractivity contribution is 5.98. The van der Waals surface area contributed by atoms with E-state index in [1.54, 1.807) is 0 Å². The van der Waals surface area contributed by atoms with Crippen LogP contribution in [-0.2, 0) is 6.61 Å². The average Bonchev–Trinajstić information content (AvgIpc) is 2.64. The molecule has 0 atom stereocenters. The lowest BCUT2D eigenvalue weighted by atomic mass is 10.0. The fourth-order valence-electron chi connectivity index (χ4n) is 2.76. The Labute approximate surface area is 145 Å². The highest BCUT2D eigenvalue weighted by atomic mass is 16.5. The summed E-state index contributed by atoms with van der Waals surface area (Å²) in [6.07, 6.45) is 7.77. The van der Waals surface area contributed by atoms with E-state index in [-0.39, 0.29) is 5.78 Å². The highest BCUT2D eigenvalue weighted by Crippen LogP contribution is 2.22. The summed E-state index contributed by atoms with van der Waals surface area (Å²) in [5.74, 6) is 0.881. The lowest BCUT2D eigenvalue weighted by molar-refractivity contribution is 0.0974. The van der Waals surface area contributed by atoms with Gasteiger partial charge in [0.2, 0.25) is 0 Å². The first kappa shape index (κ1) is 18.3. The van der Waals surface area contributed by atoms with Crippen LogP contribution in [0.5, 0.6) is 5.75 Å². The Morgan fingerprint density at radius 1 is 0.833 bits per heavy atom. The third-order valence-corrected chi connectivity index (χ3v) is 4.18. The van der Waals surface area contributed by atoms with Crippen molar-refractivity contribution in [3.05, 3.63) is 65.7 Å². The quantitative estimate of drug-likeness (QED) is 0.363. The molecule has 0 radical (unpaired) electrons. The Bertz CT molecular complexity index is 604. The molecule has 0 heterocycles. The number of ether oxygens (including phenoxy) is 1. The van der Waals surface area contributed by atoms with Crippen LogP contribution in [0.15, 0.2) is 54.6 Å². The van der Waals surface area contributed by atoms with E-state index in [0.29, 0.717) is 24.3 Å². The SMILES string of the molecule is CCCCCCCCC(=O)c1ccccc1OCc1ccccc1. The Kier molecular flexibility index (Phi) is 8.09. The molecular formula is C22H28O2. The van der Waals surface area contributed by atoms with Crippen LogP contribution in [-0.4, -0.2) is 5.78 Å². The number of benzene rings is 2. The van der Waals surface area contributed by atoms with Gasteiger partial charge in [-0.05, 0) is 24.1 Å². The van der Waals surface area contributed by atoms with Crippen LogP contribution < -0.4 is 4.74 Å². The molecule has 0 saturated carbocycles. The van der Waals surface area contributed by atoms with Crippen molar-refractivity contribution in [2.24, 2.45) is 0 Å². The zero-order chi connectivity index (χ0) is 17.0. The molecule has 0 aromatic heterocycles.